The van der Waals surface area contributed by atoms with E-state index in [9.17, 15) is 4.79 Å². The van der Waals surface area contributed by atoms with Gasteiger partial charge in [-0.2, -0.15) is 0 Å². The summed E-state index contributed by atoms with van der Waals surface area (Å²) in [6, 6.07) is 7.27. The Hall–Kier alpha value is -1.56. The van der Waals surface area contributed by atoms with Gasteiger partial charge in [0.15, 0.2) is 0 Å². The van der Waals surface area contributed by atoms with E-state index in [2.05, 4.69) is 15.5 Å². The van der Waals surface area contributed by atoms with Gasteiger partial charge >= 0.3 is 6.03 Å². The molecular weight excluding hydrogens is 302 g/mol. The maximum absolute atomic E-state index is 11.6. The maximum Gasteiger partial charge on any atom is 0.318 e. The Morgan fingerprint density at radius 3 is 2.86 bits per heavy atom. The Morgan fingerprint density at radius 1 is 1.32 bits per heavy atom. The molecule has 0 bridgehead atoms. The van der Waals surface area contributed by atoms with E-state index in [4.69, 9.17) is 16.3 Å². The third kappa shape index (κ3) is 6.05. The summed E-state index contributed by atoms with van der Waals surface area (Å²) in [5.74, 6) is 0. The molecule has 2 amide bonds. The topological polar surface area (TPSA) is 53.6 Å². The van der Waals surface area contributed by atoms with Gasteiger partial charge in [-0.3, -0.25) is 4.90 Å². The lowest BCUT2D eigenvalue weighted by atomic mass is 10.2. The normalized spacial score (nSPS) is 15.9. The van der Waals surface area contributed by atoms with Crippen LogP contribution in [0.15, 0.2) is 30.5 Å². The smallest absolute Gasteiger partial charge is 0.318 e. The SMILES string of the molecule is O=C(N/C=C/c1ccccc1Cl)NCCCN1CCOCC1. The highest BCUT2D eigenvalue weighted by atomic mass is 35.5. The van der Waals surface area contributed by atoms with E-state index < -0.39 is 0 Å². The number of amides is 2. The van der Waals surface area contributed by atoms with E-state index in [0.717, 1.165) is 44.8 Å². The highest BCUT2D eigenvalue weighted by Crippen LogP contribution is 2.15. The fourth-order valence-electron chi connectivity index (χ4n) is 2.20. The lowest BCUT2D eigenvalue weighted by Crippen LogP contribution is -2.39. The molecule has 6 heteroatoms. The Labute approximate surface area is 136 Å². The summed E-state index contributed by atoms with van der Waals surface area (Å²) in [5.41, 5.74) is 0.872. The van der Waals surface area contributed by atoms with Crippen LogP contribution in [0.4, 0.5) is 4.79 Å². The van der Waals surface area contributed by atoms with Gasteiger partial charge in [0.2, 0.25) is 0 Å². The number of ether oxygens (including phenoxy) is 1. The first kappa shape index (κ1) is 16.8. The zero-order valence-electron chi connectivity index (χ0n) is 12.6. The molecule has 120 valence electrons. The highest BCUT2D eigenvalue weighted by molar-refractivity contribution is 6.32. The fourth-order valence-corrected chi connectivity index (χ4v) is 2.40. The van der Waals surface area contributed by atoms with Crippen LogP contribution in [-0.4, -0.2) is 50.3 Å². The number of carbonyl (C=O) groups excluding carboxylic acids is 1. The molecule has 0 spiro atoms. The molecule has 22 heavy (non-hydrogen) atoms. The number of morpholine rings is 1. The summed E-state index contributed by atoms with van der Waals surface area (Å²) in [7, 11) is 0. The zero-order chi connectivity index (χ0) is 15.6. The van der Waals surface area contributed by atoms with Crippen molar-refractivity contribution < 1.29 is 9.53 Å². The molecule has 0 saturated carbocycles. The molecule has 0 unspecified atom stereocenters. The third-order valence-electron chi connectivity index (χ3n) is 3.42. The molecule has 0 aliphatic carbocycles. The van der Waals surface area contributed by atoms with Crippen LogP contribution < -0.4 is 10.6 Å². The molecule has 2 N–H and O–H groups in total. The molecular formula is C16H22ClN3O2. The molecule has 1 saturated heterocycles. The molecule has 1 fully saturated rings. The van der Waals surface area contributed by atoms with E-state index in [1.165, 1.54) is 0 Å². The quantitative estimate of drug-likeness (QED) is 0.790. The van der Waals surface area contributed by atoms with Gasteiger partial charge in [-0.15, -0.1) is 0 Å². The molecule has 1 aromatic rings. The van der Waals surface area contributed by atoms with Gasteiger partial charge in [-0.25, -0.2) is 4.79 Å². The van der Waals surface area contributed by atoms with Gasteiger partial charge in [-0.05, 0) is 30.7 Å². The lowest BCUT2D eigenvalue weighted by Gasteiger charge is -2.26. The molecule has 1 aliphatic rings. The van der Waals surface area contributed by atoms with Crippen LogP contribution >= 0.6 is 11.6 Å². The first-order chi connectivity index (χ1) is 10.8. The number of rotatable bonds is 6. The Balaban J connectivity index is 1.58. The van der Waals surface area contributed by atoms with Crippen molar-refractivity contribution in [2.75, 3.05) is 39.4 Å². The van der Waals surface area contributed by atoms with Crippen molar-refractivity contribution in [1.29, 1.82) is 0 Å². The van der Waals surface area contributed by atoms with Gasteiger partial charge < -0.3 is 15.4 Å². The van der Waals surface area contributed by atoms with Crippen LogP contribution in [0.5, 0.6) is 0 Å². The number of hydrogen-bond acceptors (Lipinski definition) is 3. The minimum atomic E-state index is -0.203. The number of nitrogens with one attached hydrogen (secondary N) is 2. The van der Waals surface area contributed by atoms with Crippen molar-refractivity contribution in [2.45, 2.75) is 6.42 Å². The van der Waals surface area contributed by atoms with Crippen LogP contribution in [0.2, 0.25) is 5.02 Å². The number of halogens is 1. The summed E-state index contributed by atoms with van der Waals surface area (Å²) >= 11 is 6.02. The molecule has 0 radical (unpaired) electrons. The van der Waals surface area contributed by atoms with Gasteiger partial charge in [-0.1, -0.05) is 29.8 Å². The largest absolute Gasteiger partial charge is 0.379 e. The molecule has 0 atom stereocenters. The molecule has 5 nitrogen and oxygen atoms in total. The second kappa shape index (κ2) is 9.46. The monoisotopic (exact) mass is 323 g/mol. The van der Waals surface area contributed by atoms with Crippen LogP contribution in [0, 0.1) is 0 Å². The number of urea groups is 1. The number of carbonyl (C=O) groups is 1. The van der Waals surface area contributed by atoms with E-state index in [0.29, 0.717) is 11.6 Å². The molecule has 1 aliphatic heterocycles. The predicted octanol–water partition coefficient (Wildman–Crippen LogP) is 2.33. The minimum Gasteiger partial charge on any atom is -0.379 e. The van der Waals surface area contributed by atoms with Crippen LogP contribution in [0.3, 0.4) is 0 Å². The first-order valence-electron chi connectivity index (χ1n) is 7.51. The van der Waals surface area contributed by atoms with Crippen molar-refractivity contribution >= 4 is 23.7 Å². The van der Waals surface area contributed by atoms with E-state index >= 15 is 0 Å². The molecule has 1 heterocycles. The maximum atomic E-state index is 11.6. The minimum absolute atomic E-state index is 0.203. The van der Waals surface area contributed by atoms with Crippen molar-refractivity contribution in [3.63, 3.8) is 0 Å². The average Bonchev–Trinajstić information content (AvgIpc) is 2.54. The Kier molecular flexibility index (Phi) is 7.22. The van der Waals surface area contributed by atoms with E-state index in [1.807, 2.05) is 24.3 Å². The van der Waals surface area contributed by atoms with E-state index in [-0.39, 0.29) is 6.03 Å². The molecule has 0 aromatic heterocycles. The predicted molar refractivity (Wildman–Crippen MR) is 88.9 cm³/mol. The van der Waals surface area contributed by atoms with Gasteiger partial charge in [0.05, 0.1) is 13.2 Å². The lowest BCUT2D eigenvalue weighted by molar-refractivity contribution is 0.0375. The summed E-state index contributed by atoms with van der Waals surface area (Å²) < 4.78 is 5.29. The van der Waals surface area contributed by atoms with Crippen molar-refractivity contribution in [1.82, 2.24) is 15.5 Å². The Bertz CT molecular complexity index is 502. The van der Waals surface area contributed by atoms with Gasteiger partial charge in [0.25, 0.3) is 0 Å². The summed E-state index contributed by atoms with van der Waals surface area (Å²) in [6.07, 6.45) is 4.30. The average molecular weight is 324 g/mol. The first-order valence-corrected chi connectivity index (χ1v) is 7.89. The number of hydrogen-bond donors (Lipinski definition) is 2. The third-order valence-corrected chi connectivity index (χ3v) is 3.77. The van der Waals surface area contributed by atoms with E-state index in [1.54, 1.807) is 12.3 Å². The zero-order valence-corrected chi connectivity index (χ0v) is 13.3. The van der Waals surface area contributed by atoms with Crippen LogP contribution in [-0.2, 0) is 4.74 Å². The second-order valence-electron chi connectivity index (χ2n) is 5.06. The summed E-state index contributed by atoms with van der Waals surface area (Å²) in [6.45, 7) is 5.21. The standard InChI is InChI=1S/C16H22ClN3O2/c17-15-5-2-1-4-14(15)6-8-19-16(21)18-7-3-9-20-10-12-22-13-11-20/h1-2,4-6,8H,3,7,9-13H2,(H2,18,19,21)/b8-6+. The molecule has 2 rings (SSSR count). The summed E-state index contributed by atoms with van der Waals surface area (Å²) in [5, 5.41) is 6.16. The number of nitrogens with zero attached hydrogens (tertiary/aromatic N) is 1. The fraction of sp³-hybridized carbons (Fsp3) is 0.438. The highest BCUT2D eigenvalue weighted by Gasteiger charge is 2.09. The van der Waals surface area contributed by atoms with Crippen molar-refractivity contribution in [3.05, 3.63) is 41.1 Å². The summed E-state index contributed by atoms with van der Waals surface area (Å²) in [4.78, 5) is 14.0. The van der Waals surface area contributed by atoms with Crippen molar-refractivity contribution in [3.8, 4) is 0 Å². The second-order valence-corrected chi connectivity index (χ2v) is 5.47. The number of benzene rings is 1. The molecule has 1 aromatic carbocycles. The Morgan fingerprint density at radius 2 is 2.09 bits per heavy atom. The van der Waals surface area contributed by atoms with Gasteiger partial charge in [0.1, 0.15) is 0 Å². The van der Waals surface area contributed by atoms with Crippen molar-refractivity contribution in [2.24, 2.45) is 0 Å². The van der Waals surface area contributed by atoms with Crippen LogP contribution in [0.1, 0.15) is 12.0 Å². The van der Waals surface area contributed by atoms with Crippen LogP contribution in [0.25, 0.3) is 6.08 Å². The van der Waals surface area contributed by atoms with Gasteiger partial charge in [0, 0.05) is 30.9 Å².